The van der Waals surface area contributed by atoms with Crippen molar-refractivity contribution in [3.63, 3.8) is 0 Å². The quantitative estimate of drug-likeness (QED) is 0.795. The van der Waals surface area contributed by atoms with E-state index >= 15 is 0 Å². The second-order valence-electron chi connectivity index (χ2n) is 4.00. The molecular formula is C12H12BrFN2S. The Hall–Kier alpha value is -0.730. The van der Waals surface area contributed by atoms with E-state index in [4.69, 9.17) is 5.26 Å². The first-order chi connectivity index (χ1) is 8.13. The van der Waals surface area contributed by atoms with Crippen LogP contribution in [0.1, 0.15) is 12.5 Å². The summed E-state index contributed by atoms with van der Waals surface area (Å²) < 4.78 is 14.4. The second-order valence-corrected chi connectivity index (χ2v) is 6.34. The minimum Gasteiger partial charge on any atom is -0.367 e. The molecule has 1 aliphatic rings. The zero-order valence-electron chi connectivity index (χ0n) is 9.41. The monoisotopic (exact) mass is 314 g/mol. The van der Waals surface area contributed by atoms with Crippen LogP contribution in [0.4, 0.5) is 10.1 Å². The maximum atomic E-state index is 14.1. The van der Waals surface area contributed by atoms with Gasteiger partial charge >= 0.3 is 0 Å². The number of benzene rings is 1. The third-order valence-electron chi connectivity index (χ3n) is 2.76. The highest BCUT2D eigenvalue weighted by Gasteiger charge is 2.21. The van der Waals surface area contributed by atoms with Gasteiger partial charge in [0.15, 0.2) is 5.82 Å². The molecule has 0 aromatic heterocycles. The third kappa shape index (κ3) is 2.58. The Labute approximate surface area is 113 Å². The average Bonchev–Trinajstić information content (AvgIpc) is 2.32. The first-order valence-electron chi connectivity index (χ1n) is 5.38. The topological polar surface area (TPSA) is 27.0 Å². The second kappa shape index (κ2) is 5.28. The molecule has 0 radical (unpaired) electrons. The van der Waals surface area contributed by atoms with Gasteiger partial charge in [0.2, 0.25) is 0 Å². The maximum Gasteiger partial charge on any atom is 0.161 e. The van der Waals surface area contributed by atoms with Gasteiger partial charge in [0.1, 0.15) is 6.07 Å². The molecule has 5 heteroatoms. The van der Waals surface area contributed by atoms with Crippen LogP contribution in [0.2, 0.25) is 0 Å². The Kier molecular flexibility index (Phi) is 3.95. The van der Waals surface area contributed by atoms with Crippen LogP contribution in [0.3, 0.4) is 0 Å². The van der Waals surface area contributed by atoms with Crippen LogP contribution >= 0.6 is 27.7 Å². The normalized spacial score (nSPS) is 20.1. The molecule has 0 bridgehead atoms. The van der Waals surface area contributed by atoms with Crippen LogP contribution < -0.4 is 4.90 Å². The van der Waals surface area contributed by atoms with E-state index in [0.29, 0.717) is 16.5 Å². The average molecular weight is 315 g/mol. The molecule has 1 fully saturated rings. The Morgan fingerprint density at radius 3 is 3.00 bits per heavy atom. The van der Waals surface area contributed by atoms with E-state index in [1.165, 1.54) is 0 Å². The lowest BCUT2D eigenvalue weighted by Gasteiger charge is -2.32. The van der Waals surface area contributed by atoms with Crippen molar-refractivity contribution in [2.45, 2.75) is 12.2 Å². The maximum absolute atomic E-state index is 14.1. The molecule has 1 aromatic carbocycles. The van der Waals surface area contributed by atoms with E-state index in [9.17, 15) is 4.39 Å². The number of anilines is 1. The largest absolute Gasteiger partial charge is 0.367 e. The van der Waals surface area contributed by atoms with Crippen molar-refractivity contribution in [1.82, 2.24) is 0 Å². The molecule has 17 heavy (non-hydrogen) atoms. The summed E-state index contributed by atoms with van der Waals surface area (Å²) in [5.41, 5.74) is 0.925. The standard InChI is InChI=1S/C12H12BrFN2S/c1-8-7-16(4-5-17-8)10-3-2-9(6-15)11(13)12(10)14/h2-3,8H,4-5,7H2,1H3. The number of nitrogens with zero attached hydrogens (tertiary/aromatic N) is 2. The number of hydrogen-bond donors (Lipinski definition) is 0. The predicted octanol–water partition coefficient (Wildman–Crippen LogP) is 3.40. The van der Waals surface area contributed by atoms with Gasteiger partial charge in [-0.2, -0.15) is 17.0 Å². The molecule has 1 saturated heterocycles. The molecule has 0 saturated carbocycles. The zero-order valence-corrected chi connectivity index (χ0v) is 11.8. The highest BCUT2D eigenvalue weighted by molar-refractivity contribution is 9.10. The summed E-state index contributed by atoms with van der Waals surface area (Å²) in [4.78, 5) is 2.04. The molecule has 0 N–H and O–H groups in total. The summed E-state index contributed by atoms with van der Waals surface area (Å²) >= 11 is 5.05. The van der Waals surface area contributed by atoms with Gasteiger partial charge in [-0.1, -0.05) is 6.92 Å². The van der Waals surface area contributed by atoms with Gasteiger partial charge in [-0.05, 0) is 28.1 Å². The van der Waals surface area contributed by atoms with Crippen molar-refractivity contribution in [3.05, 3.63) is 28.0 Å². The van der Waals surface area contributed by atoms with Gasteiger partial charge in [0, 0.05) is 24.1 Å². The van der Waals surface area contributed by atoms with Crippen molar-refractivity contribution in [3.8, 4) is 6.07 Å². The van der Waals surface area contributed by atoms with E-state index in [2.05, 4.69) is 22.9 Å². The summed E-state index contributed by atoms with van der Waals surface area (Å²) in [6, 6.07) is 5.32. The van der Waals surface area contributed by atoms with Crippen LogP contribution in [0.25, 0.3) is 0 Å². The fourth-order valence-corrected chi connectivity index (χ4v) is 3.34. The predicted molar refractivity (Wildman–Crippen MR) is 72.9 cm³/mol. The van der Waals surface area contributed by atoms with E-state index < -0.39 is 0 Å². The van der Waals surface area contributed by atoms with Crippen LogP contribution in [-0.2, 0) is 0 Å². The summed E-state index contributed by atoms with van der Waals surface area (Å²) in [5, 5.41) is 9.33. The molecule has 0 aliphatic carbocycles. The lowest BCUT2D eigenvalue weighted by atomic mass is 10.2. The van der Waals surface area contributed by atoms with Crippen molar-refractivity contribution in [2.75, 3.05) is 23.7 Å². The van der Waals surface area contributed by atoms with Gasteiger partial charge < -0.3 is 4.90 Å². The minimum absolute atomic E-state index is 0.267. The van der Waals surface area contributed by atoms with E-state index in [1.807, 2.05) is 22.7 Å². The van der Waals surface area contributed by atoms with E-state index in [1.54, 1.807) is 12.1 Å². The Balaban J connectivity index is 2.33. The first-order valence-corrected chi connectivity index (χ1v) is 7.22. The van der Waals surface area contributed by atoms with Crippen molar-refractivity contribution >= 4 is 33.4 Å². The Bertz CT molecular complexity index is 472. The van der Waals surface area contributed by atoms with Crippen molar-refractivity contribution in [2.24, 2.45) is 0 Å². The zero-order chi connectivity index (χ0) is 12.4. The smallest absolute Gasteiger partial charge is 0.161 e. The minimum atomic E-state index is -0.330. The van der Waals surface area contributed by atoms with Crippen LogP contribution in [0.15, 0.2) is 16.6 Å². The molecular weight excluding hydrogens is 303 g/mol. The van der Waals surface area contributed by atoms with E-state index in [-0.39, 0.29) is 10.3 Å². The summed E-state index contributed by atoms with van der Waals surface area (Å²) in [6.45, 7) is 3.84. The summed E-state index contributed by atoms with van der Waals surface area (Å²) in [6.07, 6.45) is 0. The van der Waals surface area contributed by atoms with E-state index in [0.717, 1.165) is 18.8 Å². The number of nitriles is 1. The SMILES string of the molecule is CC1CN(c2ccc(C#N)c(Br)c2F)CCS1. The molecule has 90 valence electrons. The number of rotatable bonds is 1. The molecule has 0 spiro atoms. The number of thioether (sulfide) groups is 1. The van der Waals surface area contributed by atoms with Crippen molar-refractivity contribution in [1.29, 1.82) is 5.26 Å². The summed E-state index contributed by atoms with van der Waals surface area (Å²) in [5.74, 6) is 0.682. The number of hydrogen-bond acceptors (Lipinski definition) is 3. The summed E-state index contributed by atoms with van der Waals surface area (Å²) in [7, 11) is 0. The third-order valence-corrected chi connectivity index (χ3v) is 4.68. The molecule has 1 heterocycles. The molecule has 1 unspecified atom stereocenters. The Morgan fingerprint density at radius 2 is 2.35 bits per heavy atom. The Morgan fingerprint density at radius 1 is 1.59 bits per heavy atom. The van der Waals surface area contributed by atoms with Gasteiger partial charge in [-0.15, -0.1) is 0 Å². The van der Waals surface area contributed by atoms with Gasteiger partial charge in [-0.25, -0.2) is 4.39 Å². The van der Waals surface area contributed by atoms with Crippen molar-refractivity contribution < 1.29 is 4.39 Å². The van der Waals surface area contributed by atoms with Gasteiger partial charge in [-0.3, -0.25) is 0 Å². The highest BCUT2D eigenvalue weighted by Crippen LogP contribution is 2.31. The van der Waals surface area contributed by atoms with Crippen LogP contribution in [-0.4, -0.2) is 24.1 Å². The molecule has 2 rings (SSSR count). The molecule has 1 aliphatic heterocycles. The first kappa shape index (κ1) is 12.7. The van der Waals surface area contributed by atoms with Crippen LogP contribution in [0, 0.1) is 17.1 Å². The fraction of sp³-hybridized carbons (Fsp3) is 0.417. The lowest BCUT2D eigenvalue weighted by Crippen LogP contribution is -2.37. The number of halogens is 2. The molecule has 1 aromatic rings. The highest BCUT2D eigenvalue weighted by atomic mass is 79.9. The van der Waals surface area contributed by atoms with Gasteiger partial charge in [0.05, 0.1) is 15.7 Å². The molecule has 1 atom stereocenters. The fourth-order valence-electron chi connectivity index (χ4n) is 1.91. The van der Waals surface area contributed by atoms with Gasteiger partial charge in [0.25, 0.3) is 0 Å². The molecule has 0 amide bonds. The molecule has 2 nitrogen and oxygen atoms in total. The van der Waals surface area contributed by atoms with Crippen LogP contribution in [0.5, 0.6) is 0 Å². The lowest BCUT2D eigenvalue weighted by molar-refractivity contribution is 0.609.